The van der Waals surface area contributed by atoms with Gasteiger partial charge in [0.1, 0.15) is 0 Å². The second-order valence-corrected chi connectivity index (χ2v) is 4.71. The van der Waals surface area contributed by atoms with Gasteiger partial charge in [-0.1, -0.05) is 28.1 Å². The molecule has 2 rings (SSSR count). The van der Waals surface area contributed by atoms with Crippen LogP contribution in [0.15, 0.2) is 28.7 Å². The SMILES string of the molecule is COC1(Cc2ccc(Br)cc2)CNC1. The van der Waals surface area contributed by atoms with Crippen LogP contribution < -0.4 is 5.32 Å². The topological polar surface area (TPSA) is 21.3 Å². The molecule has 0 aliphatic carbocycles. The molecular formula is C11H14BrNO. The van der Waals surface area contributed by atoms with Crippen LogP contribution in [0.25, 0.3) is 0 Å². The largest absolute Gasteiger partial charge is 0.375 e. The van der Waals surface area contributed by atoms with Crippen molar-refractivity contribution in [2.45, 2.75) is 12.0 Å². The Balaban J connectivity index is 2.06. The van der Waals surface area contributed by atoms with Gasteiger partial charge in [0.25, 0.3) is 0 Å². The molecule has 0 atom stereocenters. The Morgan fingerprint density at radius 2 is 2.00 bits per heavy atom. The molecule has 14 heavy (non-hydrogen) atoms. The highest BCUT2D eigenvalue weighted by Gasteiger charge is 2.36. The quantitative estimate of drug-likeness (QED) is 0.892. The van der Waals surface area contributed by atoms with Gasteiger partial charge in [-0.3, -0.25) is 0 Å². The fraction of sp³-hybridized carbons (Fsp3) is 0.455. The van der Waals surface area contributed by atoms with E-state index in [1.165, 1.54) is 5.56 Å². The highest BCUT2D eigenvalue weighted by molar-refractivity contribution is 9.10. The zero-order valence-electron chi connectivity index (χ0n) is 8.22. The van der Waals surface area contributed by atoms with E-state index < -0.39 is 0 Å². The van der Waals surface area contributed by atoms with E-state index in [0.717, 1.165) is 24.0 Å². The van der Waals surface area contributed by atoms with E-state index >= 15 is 0 Å². The summed E-state index contributed by atoms with van der Waals surface area (Å²) in [6.07, 6.45) is 0.990. The summed E-state index contributed by atoms with van der Waals surface area (Å²) in [5, 5.41) is 3.25. The summed E-state index contributed by atoms with van der Waals surface area (Å²) in [7, 11) is 1.79. The van der Waals surface area contributed by atoms with Gasteiger partial charge in [0.15, 0.2) is 0 Å². The van der Waals surface area contributed by atoms with Gasteiger partial charge >= 0.3 is 0 Å². The van der Waals surface area contributed by atoms with Gasteiger partial charge in [-0.15, -0.1) is 0 Å². The standard InChI is InChI=1S/C11H14BrNO/c1-14-11(7-13-8-11)6-9-2-4-10(12)5-3-9/h2-5,13H,6-8H2,1H3. The van der Waals surface area contributed by atoms with E-state index in [2.05, 4.69) is 45.5 Å². The predicted octanol–water partition coefficient (Wildman–Crippen LogP) is 1.98. The molecule has 0 spiro atoms. The Morgan fingerprint density at radius 3 is 2.43 bits per heavy atom. The third-order valence-electron chi connectivity index (χ3n) is 2.77. The van der Waals surface area contributed by atoms with Crippen molar-refractivity contribution in [2.75, 3.05) is 20.2 Å². The molecule has 0 aromatic heterocycles. The number of hydrogen-bond donors (Lipinski definition) is 1. The molecule has 1 aliphatic rings. The van der Waals surface area contributed by atoms with Crippen LogP contribution in [-0.4, -0.2) is 25.8 Å². The number of rotatable bonds is 3. The number of halogens is 1. The van der Waals surface area contributed by atoms with Crippen LogP contribution in [-0.2, 0) is 11.2 Å². The smallest absolute Gasteiger partial charge is 0.0966 e. The van der Waals surface area contributed by atoms with Gasteiger partial charge in [-0.25, -0.2) is 0 Å². The second-order valence-electron chi connectivity index (χ2n) is 3.79. The van der Waals surface area contributed by atoms with E-state index in [4.69, 9.17) is 4.74 Å². The Bertz CT molecular complexity index is 300. The lowest BCUT2D eigenvalue weighted by Crippen LogP contribution is -2.61. The zero-order valence-corrected chi connectivity index (χ0v) is 9.80. The zero-order chi connectivity index (χ0) is 10.0. The molecule has 0 radical (unpaired) electrons. The number of hydrogen-bond acceptors (Lipinski definition) is 2. The van der Waals surface area contributed by atoms with E-state index in [-0.39, 0.29) is 5.60 Å². The molecule has 1 aliphatic heterocycles. The highest BCUT2D eigenvalue weighted by Crippen LogP contribution is 2.22. The first-order valence-electron chi connectivity index (χ1n) is 4.74. The van der Waals surface area contributed by atoms with Gasteiger partial charge < -0.3 is 10.1 Å². The molecule has 0 amide bonds. The van der Waals surface area contributed by atoms with Crippen LogP contribution in [0.1, 0.15) is 5.56 Å². The second kappa shape index (κ2) is 4.01. The minimum atomic E-state index is 0.0355. The van der Waals surface area contributed by atoms with Gasteiger partial charge in [0, 0.05) is 31.1 Å². The molecule has 1 saturated heterocycles. The molecular weight excluding hydrogens is 242 g/mol. The fourth-order valence-electron chi connectivity index (χ4n) is 1.72. The molecule has 0 unspecified atom stereocenters. The maximum Gasteiger partial charge on any atom is 0.0966 e. The van der Waals surface area contributed by atoms with Crippen molar-refractivity contribution in [1.82, 2.24) is 5.32 Å². The Morgan fingerprint density at radius 1 is 1.36 bits per heavy atom. The summed E-state index contributed by atoms with van der Waals surface area (Å²) in [5.74, 6) is 0. The van der Waals surface area contributed by atoms with Crippen molar-refractivity contribution in [3.8, 4) is 0 Å². The van der Waals surface area contributed by atoms with Crippen LogP contribution in [0, 0.1) is 0 Å². The lowest BCUT2D eigenvalue weighted by Gasteiger charge is -2.41. The Kier molecular flexibility index (Phi) is 2.91. The summed E-state index contributed by atoms with van der Waals surface area (Å²) < 4.78 is 6.66. The van der Waals surface area contributed by atoms with Crippen molar-refractivity contribution in [3.05, 3.63) is 34.3 Å². The molecule has 1 N–H and O–H groups in total. The first-order chi connectivity index (χ1) is 6.74. The Hall–Kier alpha value is -0.380. The van der Waals surface area contributed by atoms with Crippen LogP contribution in [0.4, 0.5) is 0 Å². The van der Waals surface area contributed by atoms with Crippen molar-refractivity contribution in [2.24, 2.45) is 0 Å². The molecule has 76 valence electrons. The Labute approximate surface area is 92.8 Å². The normalized spacial score (nSPS) is 19.0. The van der Waals surface area contributed by atoms with Crippen molar-refractivity contribution in [3.63, 3.8) is 0 Å². The van der Waals surface area contributed by atoms with Crippen LogP contribution in [0.5, 0.6) is 0 Å². The molecule has 1 aromatic rings. The molecule has 3 heteroatoms. The van der Waals surface area contributed by atoms with Gasteiger partial charge in [0.2, 0.25) is 0 Å². The third kappa shape index (κ3) is 2.00. The maximum absolute atomic E-state index is 5.53. The van der Waals surface area contributed by atoms with E-state index in [0.29, 0.717) is 0 Å². The van der Waals surface area contributed by atoms with Crippen LogP contribution in [0.3, 0.4) is 0 Å². The van der Waals surface area contributed by atoms with Gasteiger partial charge in [0.05, 0.1) is 5.60 Å². The average Bonchev–Trinajstić information content (AvgIpc) is 2.15. The number of benzene rings is 1. The van der Waals surface area contributed by atoms with Crippen LogP contribution in [0.2, 0.25) is 0 Å². The predicted molar refractivity (Wildman–Crippen MR) is 60.5 cm³/mol. The molecule has 1 aromatic carbocycles. The van der Waals surface area contributed by atoms with E-state index in [9.17, 15) is 0 Å². The molecule has 1 heterocycles. The van der Waals surface area contributed by atoms with Crippen molar-refractivity contribution < 1.29 is 4.74 Å². The molecule has 0 bridgehead atoms. The average molecular weight is 256 g/mol. The molecule has 2 nitrogen and oxygen atoms in total. The summed E-state index contributed by atoms with van der Waals surface area (Å²) in [6, 6.07) is 8.43. The highest BCUT2D eigenvalue weighted by atomic mass is 79.9. The first kappa shape index (κ1) is 10.1. The monoisotopic (exact) mass is 255 g/mol. The lowest BCUT2D eigenvalue weighted by molar-refractivity contribution is -0.0502. The maximum atomic E-state index is 5.53. The van der Waals surface area contributed by atoms with Crippen molar-refractivity contribution >= 4 is 15.9 Å². The molecule has 1 fully saturated rings. The number of ether oxygens (including phenoxy) is 1. The summed E-state index contributed by atoms with van der Waals surface area (Å²) in [6.45, 7) is 1.92. The minimum Gasteiger partial charge on any atom is -0.375 e. The van der Waals surface area contributed by atoms with Crippen LogP contribution >= 0.6 is 15.9 Å². The number of methoxy groups -OCH3 is 1. The lowest BCUT2D eigenvalue weighted by atomic mass is 9.89. The minimum absolute atomic E-state index is 0.0355. The number of nitrogens with one attached hydrogen (secondary N) is 1. The summed E-state index contributed by atoms with van der Waals surface area (Å²) in [5.41, 5.74) is 1.37. The molecule has 0 saturated carbocycles. The summed E-state index contributed by atoms with van der Waals surface area (Å²) in [4.78, 5) is 0. The summed E-state index contributed by atoms with van der Waals surface area (Å²) >= 11 is 3.43. The van der Waals surface area contributed by atoms with E-state index in [1.54, 1.807) is 7.11 Å². The third-order valence-corrected chi connectivity index (χ3v) is 3.30. The van der Waals surface area contributed by atoms with E-state index in [1.807, 2.05) is 0 Å². The van der Waals surface area contributed by atoms with Crippen molar-refractivity contribution in [1.29, 1.82) is 0 Å². The fourth-order valence-corrected chi connectivity index (χ4v) is 1.98. The van der Waals surface area contributed by atoms with Gasteiger partial charge in [-0.2, -0.15) is 0 Å². The van der Waals surface area contributed by atoms with Gasteiger partial charge in [-0.05, 0) is 17.7 Å². The first-order valence-corrected chi connectivity index (χ1v) is 5.54.